The smallest absolute Gasteiger partial charge is 0.264 e. The molecule has 6 nitrogen and oxygen atoms in total. The number of phenolic OH excluding ortho intramolecular Hbond substituents is 1. The van der Waals surface area contributed by atoms with E-state index in [0.29, 0.717) is 16.3 Å². The van der Waals surface area contributed by atoms with Crippen molar-refractivity contribution in [3.8, 4) is 5.75 Å². The van der Waals surface area contributed by atoms with E-state index in [9.17, 15) is 18.3 Å². The second-order valence-corrected chi connectivity index (χ2v) is 9.42. The Morgan fingerprint density at radius 3 is 2.29 bits per heavy atom. The van der Waals surface area contributed by atoms with Crippen LogP contribution in [-0.4, -0.2) is 26.0 Å². The molecule has 2 N–H and O–H groups in total. The number of amides is 1. The summed E-state index contributed by atoms with van der Waals surface area (Å²) in [4.78, 5) is 12.8. The Labute approximate surface area is 187 Å². The molecule has 0 aromatic heterocycles. The number of aryl methyl sites for hydroxylation is 1. The number of carbonyl (C=O) groups is 1. The SMILES string of the molecule is Cc1ccc(S(=O)(=O)N(CC(=O)NCc2ccc(O)cc2)c2cccc(Cl)c2C)cc1. The van der Waals surface area contributed by atoms with Crippen LogP contribution in [0.4, 0.5) is 5.69 Å². The quantitative estimate of drug-likeness (QED) is 0.556. The third-order valence-electron chi connectivity index (χ3n) is 4.83. The van der Waals surface area contributed by atoms with Crippen LogP contribution in [0, 0.1) is 13.8 Å². The van der Waals surface area contributed by atoms with Crippen LogP contribution in [0.5, 0.6) is 5.75 Å². The topological polar surface area (TPSA) is 86.7 Å². The number of aromatic hydroxyl groups is 1. The predicted octanol–water partition coefficient (Wildman–Crippen LogP) is 4.17. The lowest BCUT2D eigenvalue weighted by Crippen LogP contribution is -2.41. The highest BCUT2D eigenvalue weighted by molar-refractivity contribution is 7.92. The van der Waals surface area contributed by atoms with Gasteiger partial charge in [0.1, 0.15) is 12.3 Å². The van der Waals surface area contributed by atoms with E-state index in [4.69, 9.17) is 11.6 Å². The molecule has 3 aromatic rings. The van der Waals surface area contributed by atoms with Crippen LogP contribution in [-0.2, 0) is 21.4 Å². The van der Waals surface area contributed by atoms with Gasteiger partial charge in [-0.3, -0.25) is 9.10 Å². The molecule has 0 aliphatic heterocycles. The Hall–Kier alpha value is -3.03. The summed E-state index contributed by atoms with van der Waals surface area (Å²) in [6, 6.07) is 17.8. The van der Waals surface area contributed by atoms with Crippen molar-refractivity contribution in [1.82, 2.24) is 5.32 Å². The molecule has 0 heterocycles. The molecule has 0 saturated carbocycles. The van der Waals surface area contributed by atoms with Gasteiger partial charge in [-0.05, 0) is 61.4 Å². The Balaban J connectivity index is 1.90. The molecule has 8 heteroatoms. The first kappa shape index (κ1) is 22.7. The first-order valence-corrected chi connectivity index (χ1v) is 11.4. The standard InChI is InChI=1S/C23H23ClN2O4S/c1-16-6-12-20(13-7-16)31(29,30)26(22-5-3-4-21(24)17(22)2)15-23(28)25-14-18-8-10-19(27)11-9-18/h3-13,27H,14-15H2,1-2H3,(H,25,28). The number of carbonyl (C=O) groups excluding carboxylic acids is 1. The van der Waals surface area contributed by atoms with Gasteiger partial charge in [0.15, 0.2) is 0 Å². The molecule has 31 heavy (non-hydrogen) atoms. The van der Waals surface area contributed by atoms with Crippen molar-refractivity contribution in [2.24, 2.45) is 0 Å². The van der Waals surface area contributed by atoms with Crippen molar-refractivity contribution >= 4 is 33.2 Å². The van der Waals surface area contributed by atoms with E-state index in [0.717, 1.165) is 15.4 Å². The Kier molecular flexibility index (Phi) is 6.87. The maximum Gasteiger partial charge on any atom is 0.264 e. The summed E-state index contributed by atoms with van der Waals surface area (Å²) in [7, 11) is -4.01. The van der Waals surface area contributed by atoms with E-state index in [1.54, 1.807) is 49.4 Å². The number of anilines is 1. The average Bonchev–Trinajstić information content (AvgIpc) is 2.74. The highest BCUT2D eigenvalue weighted by Gasteiger charge is 2.28. The number of halogens is 1. The number of sulfonamides is 1. The molecule has 0 aliphatic rings. The Bertz CT molecular complexity index is 1180. The highest BCUT2D eigenvalue weighted by Crippen LogP contribution is 2.30. The largest absolute Gasteiger partial charge is 0.508 e. The van der Waals surface area contributed by atoms with Gasteiger partial charge >= 0.3 is 0 Å². The number of hydrogen-bond donors (Lipinski definition) is 2. The van der Waals surface area contributed by atoms with Gasteiger partial charge in [0.05, 0.1) is 10.6 Å². The van der Waals surface area contributed by atoms with Gasteiger partial charge in [-0.2, -0.15) is 0 Å². The van der Waals surface area contributed by atoms with Gasteiger partial charge in [-0.1, -0.05) is 47.5 Å². The Morgan fingerprint density at radius 1 is 1.00 bits per heavy atom. The lowest BCUT2D eigenvalue weighted by atomic mass is 10.2. The maximum atomic E-state index is 13.4. The van der Waals surface area contributed by atoms with E-state index in [1.807, 2.05) is 6.92 Å². The molecule has 0 radical (unpaired) electrons. The van der Waals surface area contributed by atoms with Crippen LogP contribution in [0.2, 0.25) is 5.02 Å². The molecule has 1 amide bonds. The summed E-state index contributed by atoms with van der Waals surface area (Å²) in [6.45, 7) is 3.37. The van der Waals surface area contributed by atoms with E-state index in [-0.39, 0.29) is 17.2 Å². The molecule has 0 fully saturated rings. The molecule has 0 atom stereocenters. The second kappa shape index (κ2) is 9.41. The van der Waals surface area contributed by atoms with Gasteiger partial charge < -0.3 is 10.4 Å². The average molecular weight is 459 g/mol. The lowest BCUT2D eigenvalue weighted by molar-refractivity contribution is -0.119. The van der Waals surface area contributed by atoms with Crippen LogP contribution in [0.25, 0.3) is 0 Å². The molecular formula is C23H23ClN2O4S. The van der Waals surface area contributed by atoms with Crippen molar-refractivity contribution in [3.63, 3.8) is 0 Å². The fraction of sp³-hybridized carbons (Fsp3) is 0.174. The zero-order valence-corrected chi connectivity index (χ0v) is 18.7. The van der Waals surface area contributed by atoms with Crippen LogP contribution in [0.3, 0.4) is 0 Å². The predicted molar refractivity (Wildman–Crippen MR) is 122 cm³/mol. The monoisotopic (exact) mass is 458 g/mol. The van der Waals surface area contributed by atoms with Crippen molar-refractivity contribution in [2.45, 2.75) is 25.3 Å². The molecule has 3 aromatic carbocycles. The number of benzene rings is 3. The van der Waals surface area contributed by atoms with Gasteiger partial charge in [0.25, 0.3) is 10.0 Å². The summed E-state index contributed by atoms with van der Waals surface area (Å²) >= 11 is 6.22. The number of nitrogens with one attached hydrogen (secondary N) is 1. The van der Waals surface area contributed by atoms with Gasteiger partial charge in [-0.15, -0.1) is 0 Å². The number of hydrogen-bond acceptors (Lipinski definition) is 4. The number of phenols is 1. The Morgan fingerprint density at radius 2 is 1.65 bits per heavy atom. The molecular weight excluding hydrogens is 436 g/mol. The summed E-state index contributed by atoms with van der Waals surface area (Å²) in [5, 5.41) is 12.5. The zero-order chi connectivity index (χ0) is 22.6. The minimum Gasteiger partial charge on any atom is -0.508 e. The molecule has 162 valence electrons. The summed E-state index contributed by atoms with van der Waals surface area (Å²) < 4.78 is 27.9. The van der Waals surface area contributed by atoms with Crippen LogP contribution >= 0.6 is 11.6 Å². The van der Waals surface area contributed by atoms with Gasteiger partial charge in [0, 0.05) is 11.6 Å². The zero-order valence-electron chi connectivity index (χ0n) is 17.2. The summed E-state index contributed by atoms with van der Waals surface area (Å²) in [6.07, 6.45) is 0. The second-order valence-electron chi connectivity index (χ2n) is 7.15. The van der Waals surface area contributed by atoms with E-state index in [2.05, 4.69) is 5.32 Å². The summed E-state index contributed by atoms with van der Waals surface area (Å²) in [5.41, 5.74) is 2.60. The fourth-order valence-corrected chi connectivity index (χ4v) is 4.65. The van der Waals surface area contributed by atoms with Crippen molar-refractivity contribution < 1.29 is 18.3 Å². The molecule has 0 spiro atoms. The minimum atomic E-state index is -4.01. The van der Waals surface area contributed by atoms with Gasteiger partial charge in [-0.25, -0.2) is 8.42 Å². The van der Waals surface area contributed by atoms with E-state index in [1.165, 1.54) is 24.3 Å². The van der Waals surface area contributed by atoms with Crippen molar-refractivity contribution in [1.29, 1.82) is 0 Å². The minimum absolute atomic E-state index is 0.0869. The molecule has 0 aliphatic carbocycles. The van der Waals surface area contributed by atoms with Crippen LogP contribution < -0.4 is 9.62 Å². The molecule has 0 unspecified atom stereocenters. The van der Waals surface area contributed by atoms with Crippen LogP contribution in [0.15, 0.2) is 71.6 Å². The normalized spacial score (nSPS) is 11.2. The van der Waals surface area contributed by atoms with Crippen molar-refractivity contribution in [3.05, 3.63) is 88.4 Å². The highest BCUT2D eigenvalue weighted by atomic mass is 35.5. The number of rotatable bonds is 7. The van der Waals surface area contributed by atoms with Crippen LogP contribution in [0.1, 0.15) is 16.7 Å². The molecule has 0 bridgehead atoms. The van der Waals surface area contributed by atoms with Gasteiger partial charge in [0.2, 0.25) is 5.91 Å². The fourth-order valence-electron chi connectivity index (χ4n) is 3.00. The van der Waals surface area contributed by atoms with E-state index >= 15 is 0 Å². The maximum absolute atomic E-state index is 13.4. The summed E-state index contributed by atoms with van der Waals surface area (Å²) in [5.74, 6) is -0.343. The van der Waals surface area contributed by atoms with Crippen molar-refractivity contribution in [2.75, 3.05) is 10.8 Å². The first-order chi connectivity index (χ1) is 14.7. The third-order valence-corrected chi connectivity index (χ3v) is 7.01. The van der Waals surface area contributed by atoms with E-state index < -0.39 is 22.5 Å². The number of nitrogens with zero attached hydrogens (tertiary/aromatic N) is 1. The first-order valence-electron chi connectivity index (χ1n) is 9.57. The lowest BCUT2D eigenvalue weighted by Gasteiger charge is -2.26. The molecule has 0 saturated heterocycles. The third kappa shape index (κ3) is 5.37. The molecule has 3 rings (SSSR count).